The maximum Gasteiger partial charge on any atom is 0.257 e. The molecule has 0 saturated carbocycles. The number of amides is 1. The number of thiazole rings is 1. The summed E-state index contributed by atoms with van der Waals surface area (Å²) < 4.78 is 0. The molecule has 1 unspecified atom stereocenters. The Bertz CT molecular complexity index is 656. The lowest BCUT2D eigenvalue weighted by Crippen LogP contribution is -2.39. The summed E-state index contributed by atoms with van der Waals surface area (Å²) in [5, 5.41) is 6.40. The monoisotopic (exact) mass is 330 g/mol. The van der Waals surface area contributed by atoms with Crippen LogP contribution in [0.15, 0.2) is 29.9 Å². The highest BCUT2D eigenvalue weighted by Crippen LogP contribution is 2.29. The van der Waals surface area contributed by atoms with Gasteiger partial charge in [-0.15, -0.1) is 11.3 Å². The highest BCUT2D eigenvalue weighted by Gasteiger charge is 2.28. The minimum Gasteiger partial charge on any atom is -0.367 e. The van der Waals surface area contributed by atoms with E-state index < -0.39 is 0 Å². The van der Waals surface area contributed by atoms with Crippen LogP contribution in [0.25, 0.3) is 0 Å². The molecule has 1 aliphatic rings. The number of carbonyl (C=O) groups is 1. The van der Waals surface area contributed by atoms with Gasteiger partial charge >= 0.3 is 0 Å². The molecule has 2 aromatic heterocycles. The third kappa shape index (κ3) is 3.69. The summed E-state index contributed by atoms with van der Waals surface area (Å²) in [6.07, 6.45) is 5.67. The molecule has 3 rings (SSSR count). The average Bonchev–Trinajstić information content (AvgIpc) is 3.09. The van der Waals surface area contributed by atoms with Gasteiger partial charge in [-0.3, -0.25) is 4.79 Å². The Labute approximate surface area is 140 Å². The van der Waals surface area contributed by atoms with Crippen LogP contribution in [-0.2, 0) is 0 Å². The number of anilines is 1. The molecule has 0 spiro atoms. The molecule has 5 nitrogen and oxygen atoms in total. The quantitative estimate of drug-likeness (QED) is 0.934. The van der Waals surface area contributed by atoms with E-state index in [1.165, 1.54) is 0 Å². The molecule has 23 heavy (non-hydrogen) atoms. The normalized spacial score (nSPS) is 18.2. The van der Waals surface area contributed by atoms with Crippen LogP contribution in [0.4, 0.5) is 5.82 Å². The number of nitrogens with one attached hydrogen (secondary N) is 1. The fraction of sp³-hybridized carbons (Fsp3) is 0.471. The van der Waals surface area contributed by atoms with E-state index in [1.54, 1.807) is 17.5 Å². The molecule has 2 aromatic rings. The molecule has 3 heterocycles. The Hall–Kier alpha value is -1.95. The second kappa shape index (κ2) is 7.08. The summed E-state index contributed by atoms with van der Waals surface area (Å²) in [6, 6.07) is 3.91. The number of aromatic nitrogens is 2. The summed E-state index contributed by atoms with van der Waals surface area (Å²) in [5.74, 6) is 1.08. The molecule has 1 saturated heterocycles. The largest absolute Gasteiger partial charge is 0.367 e. The van der Waals surface area contributed by atoms with Crippen molar-refractivity contribution in [1.29, 1.82) is 0 Å². The Kier molecular flexibility index (Phi) is 4.91. The van der Waals surface area contributed by atoms with Gasteiger partial charge in [0.1, 0.15) is 5.82 Å². The standard InChI is InChI=1S/C17H22N4OS/c1-12(2)20-15-14(6-3-7-18-15)17(22)21-9-4-5-13(11-21)16-19-8-10-23-16/h3,6-8,10,12-13H,4-5,9,11H2,1-2H3,(H,18,20). The molecule has 1 fully saturated rings. The molecule has 0 bridgehead atoms. The van der Waals surface area contributed by atoms with Gasteiger partial charge in [-0.1, -0.05) is 0 Å². The second-order valence-electron chi connectivity index (χ2n) is 6.16. The summed E-state index contributed by atoms with van der Waals surface area (Å²) in [4.78, 5) is 23.6. The number of piperidine rings is 1. The Morgan fingerprint density at radius 2 is 2.26 bits per heavy atom. The van der Waals surface area contributed by atoms with Crippen molar-refractivity contribution in [2.45, 2.75) is 38.6 Å². The smallest absolute Gasteiger partial charge is 0.257 e. The molecule has 1 aliphatic heterocycles. The van der Waals surface area contributed by atoms with Crippen LogP contribution in [-0.4, -0.2) is 39.9 Å². The van der Waals surface area contributed by atoms with Crippen LogP contribution < -0.4 is 5.32 Å². The molecule has 0 aliphatic carbocycles. The molecule has 1 N–H and O–H groups in total. The number of hydrogen-bond acceptors (Lipinski definition) is 5. The first-order valence-corrected chi connectivity index (χ1v) is 8.93. The van der Waals surface area contributed by atoms with Gasteiger partial charge in [-0.05, 0) is 38.8 Å². The van der Waals surface area contributed by atoms with Gasteiger partial charge in [0, 0.05) is 42.8 Å². The van der Waals surface area contributed by atoms with E-state index >= 15 is 0 Å². The van der Waals surface area contributed by atoms with E-state index in [0.717, 1.165) is 30.9 Å². The third-order valence-corrected chi connectivity index (χ3v) is 4.91. The topological polar surface area (TPSA) is 58.1 Å². The van der Waals surface area contributed by atoms with Crippen molar-refractivity contribution in [3.8, 4) is 0 Å². The second-order valence-corrected chi connectivity index (χ2v) is 7.09. The number of hydrogen-bond donors (Lipinski definition) is 1. The maximum absolute atomic E-state index is 12.9. The predicted molar refractivity (Wildman–Crippen MR) is 93.0 cm³/mol. The van der Waals surface area contributed by atoms with Crippen LogP contribution in [0.1, 0.15) is 48.0 Å². The molecular weight excluding hydrogens is 308 g/mol. The third-order valence-electron chi connectivity index (χ3n) is 3.97. The van der Waals surface area contributed by atoms with Crippen LogP contribution in [0.5, 0.6) is 0 Å². The Morgan fingerprint density at radius 1 is 1.39 bits per heavy atom. The van der Waals surface area contributed by atoms with Gasteiger partial charge in [0.15, 0.2) is 0 Å². The summed E-state index contributed by atoms with van der Waals surface area (Å²) in [5.41, 5.74) is 0.654. The molecule has 1 amide bonds. The zero-order valence-electron chi connectivity index (χ0n) is 13.5. The molecule has 1 atom stereocenters. The number of nitrogens with zero attached hydrogens (tertiary/aromatic N) is 3. The molecular formula is C17H22N4OS. The number of pyridine rings is 1. The lowest BCUT2D eigenvalue weighted by Gasteiger charge is -2.32. The highest BCUT2D eigenvalue weighted by molar-refractivity contribution is 7.09. The van der Waals surface area contributed by atoms with Crippen LogP contribution >= 0.6 is 11.3 Å². The van der Waals surface area contributed by atoms with Gasteiger partial charge in [0.25, 0.3) is 5.91 Å². The lowest BCUT2D eigenvalue weighted by atomic mass is 9.98. The van der Waals surface area contributed by atoms with E-state index in [2.05, 4.69) is 15.3 Å². The van der Waals surface area contributed by atoms with Crippen molar-refractivity contribution in [1.82, 2.24) is 14.9 Å². The van der Waals surface area contributed by atoms with E-state index in [4.69, 9.17) is 0 Å². The van der Waals surface area contributed by atoms with Crippen LogP contribution in [0.2, 0.25) is 0 Å². The zero-order chi connectivity index (χ0) is 16.2. The number of rotatable bonds is 4. The zero-order valence-corrected chi connectivity index (χ0v) is 14.3. The van der Waals surface area contributed by atoms with Gasteiger partial charge in [-0.2, -0.15) is 0 Å². The van der Waals surface area contributed by atoms with Gasteiger partial charge < -0.3 is 10.2 Å². The first kappa shape index (κ1) is 15.9. The number of likely N-dealkylation sites (tertiary alicyclic amines) is 1. The molecule has 0 radical (unpaired) electrons. The number of carbonyl (C=O) groups excluding carboxylic acids is 1. The predicted octanol–water partition coefficient (Wildman–Crippen LogP) is 3.38. The van der Waals surface area contributed by atoms with Gasteiger partial charge in [0.05, 0.1) is 10.6 Å². The van der Waals surface area contributed by atoms with Crippen molar-refractivity contribution in [3.05, 3.63) is 40.5 Å². The maximum atomic E-state index is 12.9. The fourth-order valence-electron chi connectivity index (χ4n) is 2.94. The first-order chi connectivity index (χ1) is 11.1. The molecule has 122 valence electrons. The van der Waals surface area contributed by atoms with Crippen molar-refractivity contribution in [2.75, 3.05) is 18.4 Å². The first-order valence-electron chi connectivity index (χ1n) is 8.05. The van der Waals surface area contributed by atoms with E-state index in [1.807, 2.05) is 42.5 Å². The van der Waals surface area contributed by atoms with Crippen LogP contribution in [0, 0.1) is 0 Å². The summed E-state index contributed by atoms with van der Waals surface area (Å²) in [7, 11) is 0. The summed E-state index contributed by atoms with van der Waals surface area (Å²) in [6.45, 7) is 5.63. The molecule has 6 heteroatoms. The van der Waals surface area contributed by atoms with Crippen LogP contribution in [0.3, 0.4) is 0 Å². The van der Waals surface area contributed by atoms with Crippen molar-refractivity contribution in [2.24, 2.45) is 0 Å². The minimum atomic E-state index is 0.0579. The summed E-state index contributed by atoms with van der Waals surface area (Å²) >= 11 is 1.68. The Morgan fingerprint density at radius 3 is 3.00 bits per heavy atom. The molecule has 0 aromatic carbocycles. The van der Waals surface area contributed by atoms with E-state index in [-0.39, 0.29) is 11.9 Å². The van der Waals surface area contributed by atoms with Crippen molar-refractivity contribution < 1.29 is 4.79 Å². The van der Waals surface area contributed by atoms with E-state index in [0.29, 0.717) is 17.3 Å². The van der Waals surface area contributed by atoms with Gasteiger partial charge in [0.2, 0.25) is 0 Å². The van der Waals surface area contributed by atoms with E-state index in [9.17, 15) is 4.79 Å². The fourth-order valence-corrected chi connectivity index (χ4v) is 3.70. The minimum absolute atomic E-state index is 0.0579. The SMILES string of the molecule is CC(C)Nc1ncccc1C(=O)N1CCCC(c2nccs2)C1. The lowest BCUT2D eigenvalue weighted by molar-refractivity contribution is 0.0707. The highest BCUT2D eigenvalue weighted by atomic mass is 32.1. The average molecular weight is 330 g/mol. The van der Waals surface area contributed by atoms with Crippen molar-refractivity contribution >= 4 is 23.1 Å². The van der Waals surface area contributed by atoms with Crippen molar-refractivity contribution in [3.63, 3.8) is 0 Å². The Balaban J connectivity index is 1.77. The van der Waals surface area contributed by atoms with Gasteiger partial charge in [-0.25, -0.2) is 9.97 Å².